The molecule has 4 rings (SSSR count). The molecular formula is C26H37ClN6O3. The topological polar surface area (TPSA) is 97.0 Å². The number of methoxy groups -OCH3 is 2. The third-order valence-corrected chi connectivity index (χ3v) is 5.69. The number of aryl methyl sites for hydroxylation is 1. The van der Waals surface area contributed by atoms with Crippen molar-refractivity contribution < 1.29 is 14.6 Å². The molecule has 2 heterocycles. The summed E-state index contributed by atoms with van der Waals surface area (Å²) in [6, 6.07) is 13.7. The minimum Gasteiger partial charge on any atom is -0.497 e. The van der Waals surface area contributed by atoms with Crippen LogP contribution in [-0.4, -0.2) is 86.1 Å². The second-order valence-corrected chi connectivity index (χ2v) is 8.90. The molecular weight excluding hydrogens is 480 g/mol. The van der Waals surface area contributed by atoms with Gasteiger partial charge in [-0.05, 0) is 58.3 Å². The molecule has 0 fully saturated rings. The molecule has 1 atom stereocenters. The van der Waals surface area contributed by atoms with E-state index in [1.807, 2.05) is 70.4 Å². The zero-order chi connectivity index (χ0) is 26.9. The second kappa shape index (κ2) is 13.5. The number of aliphatic hydroxyl groups excluding tert-OH is 1. The van der Waals surface area contributed by atoms with Crippen LogP contribution in [0.15, 0.2) is 47.5 Å². The van der Waals surface area contributed by atoms with Gasteiger partial charge in [0, 0.05) is 50.6 Å². The maximum atomic E-state index is 7.00. The summed E-state index contributed by atoms with van der Waals surface area (Å²) in [4.78, 5) is 7.37. The molecule has 9 nitrogen and oxygen atoms in total. The lowest BCUT2D eigenvalue weighted by molar-refractivity contribution is 0.277. The first-order valence-corrected chi connectivity index (χ1v) is 11.8. The molecule has 1 aromatic heterocycles. The number of likely N-dealkylation sites (N-methyl/N-ethyl adjacent to an activating group) is 1. The van der Waals surface area contributed by atoms with Gasteiger partial charge in [-0.3, -0.25) is 14.9 Å². The summed E-state index contributed by atoms with van der Waals surface area (Å²) in [6.07, 6.45) is 0. The Hall–Kier alpha value is -2.82. The number of hydrogen-bond acceptors (Lipinski definition) is 8. The van der Waals surface area contributed by atoms with Crippen molar-refractivity contribution in [2.45, 2.75) is 19.5 Å². The monoisotopic (exact) mass is 516 g/mol. The minimum absolute atomic E-state index is 0.684. The van der Waals surface area contributed by atoms with E-state index in [4.69, 9.17) is 26.4 Å². The van der Waals surface area contributed by atoms with Gasteiger partial charge in [-0.2, -0.15) is 0 Å². The van der Waals surface area contributed by atoms with Crippen molar-refractivity contribution in [3.05, 3.63) is 70.3 Å². The molecule has 10 heteroatoms. The van der Waals surface area contributed by atoms with Crippen LogP contribution < -0.4 is 10.1 Å². The van der Waals surface area contributed by atoms with Crippen LogP contribution in [-0.2, 0) is 10.4 Å². The van der Waals surface area contributed by atoms with E-state index in [9.17, 15) is 0 Å². The number of aliphatic hydroxyl groups is 1. The van der Waals surface area contributed by atoms with Crippen LogP contribution in [0, 0.1) is 6.92 Å². The molecule has 36 heavy (non-hydrogen) atoms. The third kappa shape index (κ3) is 6.68. The molecule has 1 unspecified atom stereocenters. The summed E-state index contributed by atoms with van der Waals surface area (Å²) < 4.78 is 11.9. The zero-order valence-corrected chi connectivity index (χ0v) is 23.1. The average Bonchev–Trinajstić information content (AvgIpc) is 3.21. The molecule has 0 bridgehead atoms. The number of aromatic nitrogens is 3. The molecule has 3 aromatic rings. The normalized spacial score (nSPS) is 15.9. The Morgan fingerprint density at radius 2 is 1.69 bits per heavy atom. The number of nitrogens with one attached hydrogen (secondary N) is 1. The lowest BCUT2D eigenvalue weighted by Crippen LogP contribution is -2.43. The Morgan fingerprint density at radius 3 is 2.28 bits per heavy atom. The molecule has 1 aliphatic heterocycles. The Morgan fingerprint density at radius 1 is 1.06 bits per heavy atom. The Kier molecular flexibility index (Phi) is 11.0. The second-order valence-electron chi connectivity index (χ2n) is 8.47. The van der Waals surface area contributed by atoms with E-state index in [1.54, 1.807) is 21.3 Å². The predicted molar refractivity (Wildman–Crippen MR) is 145 cm³/mol. The van der Waals surface area contributed by atoms with Gasteiger partial charge >= 0.3 is 0 Å². The number of hydrogen-bond donors (Lipinski definition) is 2. The lowest BCUT2D eigenvalue weighted by atomic mass is 10.00. The molecule has 0 amide bonds. The van der Waals surface area contributed by atoms with Crippen molar-refractivity contribution in [1.82, 2.24) is 25.0 Å². The van der Waals surface area contributed by atoms with Crippen molar-refractivity contribution in [2.24, 2.45) is 4.99 Å². The number of benzene rings is 2. The lowest BCUT2D eigenvalue weighted by Gasteiger charge is -2.26. The summed E-state index contributed by atoms with van der Waals surface area (Å²) in [6.45, 7) is 5.61. The third-order valence-electron chi connectivity index (χ3n) is 5.44. The van der Waals surface area contributed by atoms with Gasteiger partial charge in [0.05, 0.1) is 18.5 Å². The van der Waals surface area contributed by atoms with Crippen LogP contribution in [0.2, 0.25) is 5.02 Å². The fourth-order valence-electron chi connectivity index (χ4n) is 3.80. The van der Waals surface area contributed by atoms with E-state index < -0.39 is 5.66 Å². The largest absolute Gasteiger partial charge is 0.497 e. The Bertz CT molecular complexity index is 1150. The van der Waals surface area contributed by atoms with Crippen LogP contribution in [0.5, 0.6) is 5.75 Å². The van der Waals surface area contributed by atoms with E-state index in [1.165, 1.54) is 0 Å². The van der Waals surface area contributed by atoms with Crippen molar-refractivity contribution in [2.75, 3.05) is 55.6 Å². The molecule has 0 saturated carbocycles. The Balaban J connectivity index is 0.000000850. The summed E-state index contributed by atoms with van der Waals surface area (Å²) in [5.41, 5.74) is 2.94. The molecule has 1 aliphatic rings. The highest BCUT2D eigenvalue weighted by molar-refractivity contribution is 6.30. The maximum Gasteiger partial charge on any atom is 0.180 e. The molecule has 0 saturated heterocycles. The average molecular weight is 517 g/mol. The molecule has 196 valence electrons. The van der Waals surface area contributed by atoms with E-state index in [0.29, 0.717) is 5.02 Å². The first kappa shape index (κ1) is 29.4. The molecule has 0 radical (unpaired) electrons. The van der Waals surface area contributed by atoms with Gasteiger partial charge in [-0.25, -0.2) is 0 Å². The number of aliphatic imine (C=N–C) groups is 1. The molecule has 0 aliphatic carbocycles. The highest BCUT2D eigenvalue weighted by Crippen LogP contribution is 2.34. The van der Waals surface area contributed by atoms with Crippen LogP contribution in [0.4, 0.5) is 0 Å². The van der Waals surface area contributed by atoms with Crippen LogP contribution in [0.3, 0.4) is 0 Å². The molecule has 2 aromatic carbocycles. The van der Waals surface area contributed by atoms with Gasteiger partial charge < -0.3 is 19.5 Å². The van der Waals surface area contributed by atoms with Crippen LogP contribution >= 0.6 is 11.6 Å². The number of ether oxygens (including phenoxy) is 2. The fraction of sp³-hybridized carbons (Fsp3) is 0.423. The van der Waals surface area contributed by atoms with Crippen LogP contribution in [0.25, 0.3) is 5.69 Å². The molecule has 0 spiro atoms. The number of halogens is 1. The van der Waals surface area contributed by atoms with Crippen LogP contribution in [0.1, 0.15) is 29.7 Å². The van der Waals surface area contributed by atoms with Gasteiger partial charge in [-0.15, -0.1) is 10.2 Å². The summed E-state index contributed by atoms with van der Waals surface area (Å²) >= 11 is 6.16. The van der Waals surface area contributed by atoms with Crippen molar-refractivity contribution in [3.63, 3.8) is 0 Å². The van der Waals surface area contributed by atoms with Gasteiger partial charge in [0.15, 0.2) is 11.5 Å². The number of fused-ring (bicyclic) bond motifs is 3. The number of rotatable bonds is 6. The van der Waals surface area contributed by atoms with E-state index in [-0.39, 0.29) is 0 Å². The fourth-order valence-corrected chi connectivity index (χ4v) is 3.92. The predicted octanol–water partition coefficient (Wildman–Crippen LogP) is 3.28. The van der Waals surface area contributed by atoms with Crippen molar-refractivity contribution in [1.29, 1.82) is 0 Å². The van der Waals surface area contributed by atoms with Gasteiger partial charge in [-0.1, -0.05) is 23.7 Å². The zero-order valence-electron chi connectivity index (χ0n) is 22.3. The number of nitrogens with zero attached hydrogens (tertiary/aromatic N) is 5. The van der Waals surface area contributed by atoms with Crippen molar-refractivity contribution >= 4 is 17.3 Å². The van der Waals surface area contributed by atoms with E-state index in [2.05, 4.69) is 29.7 Å². The first-order valence-electron chi connectivity index (χ1n) is 11.5. The van der Waals surface area contributed by atoms with Gasteiger partial charge in [0.2, 0.25) is 0 Å². The summed E-state index contributed by atoms with van der Waals surface area (Å²) in [5.74, 6) is 2.31. The highest BCUT2D eigenvalue weighted by Gasteiger charge is 2.37. The van der Waals surface area contributed by atoms with E-state index >= 15 is 0 Å². The van der Waals surface area contributed by atoms with E-state index in [0.717, 1.165) is 60.1 Å². The first-order chi connectivity index (χ1) is 17.2. The quantitative estimate of drug-likeness (QED) is 0.519. The standard InChI is InChI=1S/C23H27ClN6O.C2H6O.CH4O/c1-15-27-28-22-23(2,25-12-13-29(3)4)26-21(16-6-8-17(24)9-7-16)19-14-18(31-5)10-11-20(19)30(15)22;1-3-2;1-2/h6-11,14,25H,12-13H2,1-5H3;1-2H3;2H,1H3. The molecule has 2 N–H and O–H groups in total. The van der Waals surface area contributed by atoms with Gasteiger partial charge in [0.25, 0.3) is 0 Å². The minimum atomic E-state index is -0.779. The Labute approximate surface area is 218 Å². The van der Waals surface area contributed by atoms with Gasteiger partial charge in [0.1, 0.15) is 11.6 Å². The maximum absolute atomic E-state index is 7.00. The SMILES string of the molecule is CO.COC.COc1ccc2c(c1)C(c1ccc(Cl)cc1)=NC(C)(NCCN(C)C)c1nnc(C)n1-2. The summed E-state index contributed by atoms with van der Waals surface area (Å²) in [7, 11) is 10.0. The highest BCUT2D eigenvalue weighted by atomic mass is 35.5. The summed E-state index contributed by atoms with van der Waals surface area (Å²) in [5, 5.41) is 20.2. The van der Waals surface area contributed by atoms with Crippen molar-refractivity contribution in [3.8, 4) is 11.4 Å². The smallest absolute Gasteiger partial charge is 0.180 e.